The Labute approximate surface area is 128 Å². The highest BCUT2D eigenvalue weighted by atomic mass is 19.4. The molecule has 2 rings (SSSR count). The van der Waals surface area contributed by atoms with Crippen LogP contribution < -0.4 is 0 Å². The summed E-state index contributed by atoms with van der Waals surface area (Å²) in [5, 5.41) is 0. The summed E-state index contributed by atoms with van der Waals surface area (Å²) in [6.07, 6.45) is -2.72. The molecule has 0 bridgehead atoms. The Morgan fingerprint density at radius 1 is 1.32 bits per heavy atom. The van der Waals surface area contributed by atoms with Gasteiger partial charge >= 0.3 is 6.18 Å². The molecule has 0 unspecified atom stereocenters. The van der Waals surface area contributed by atoms with Gasteiger partial charge in [-0.2, -0.15) is 13.2 Å². The zero-order valence-electron chi connectivity index (χ0n) is 12.9. The van der Waals surface area contributed by atoms with E-state index >= 15 is 0 Å². The molecule has 0 saturated carbocycles. The van der Waals surface area contributed by atoms with Crippen molar-refractivity contribution in [1.82, 2.24) is 9.80 Å². The van der Waals surface area contributed by atoms with Crippen LogP contribution in [0.5, 0.6) is 0 Å². The van der Waals surface area contributed by atoms with E-state index in [1.807, 2.05) is 0 Å². The van der Waals surface area contributed by atoms with Gasteiger partial charge in [0.15, 0.2) is 0 Å². The van der Waals surface area contributed by atoms with Crippen LogP contribution in [-0.2, 0) is 6.18 Å². The van der Waals surface area contributed by atoms with Crippen LogP contribution in [0.25, 0.3) is 0 Å². The lowest BCUT2D eigenvalue weighted by Gasteiger charge is -2.36. The van der Waals surface area contributed by atoms with Gasteiger partial charge in [0.05, 0.1) is 5.56 Å². The summed E-state index contributed by atoms with van der Waals surface area (Å²) < 4.78 is 38.2. The van der Waals surface area contributed by atoms with Crippen molar-refractivity contribution in [3.8, 4) is 0 Å². The van der Waals surface area contributed by atoms with Gasteiger partial charge in [0, 0.05) is 31.7 Å². The monoisotopic (exact) mass is 314 g/mol. The zero-order chi connectivity index (χ0) is 16.3. The fourth-order valence-corrected chi connectivity index (χ4v) is 2.82. The number of nitrogens with zero attached hydrogens (tertiary/aromatic N) is 2. The van der Waals surface area contributed by atoms with Gasteiger partial charge in [-0.05, 0) is 37.6 Å². The van der Waals surface area contributed by atoms with E-state index in [1.165, 1.54) is 12.1 Å². The first-order chi connectivity index (χ1) is 10.3. The molecule has 1 aliphatic heterocycles. The third-order valence-corrected chi connectivity index (χ3v) is 4.31. The molecule has 1 heterocycles. The topological polar surface area (TPSA) is 23.6 Å². The van der Waals surface area contributed by atoms with E-state index < -0.39 is 11.7 Å². The molecule has 22 heavy (non-hydrogen) atoms. The number of hydrogen-bond donors (Lipinski definition) is 0. The minimum Gasteiger partial charge on any atom is -0.339 e. The summed E-state index contributed by atoms with van der Waals surface area (Å²) in [7, 11) is 1.68. The summed E-state index contributed by atoms with van der Waals surface area (Å²) in [5.74, 6) is -0.346. The molecule has 0 aromatic heterocycles. The lowest BCUT2D eigenvalue weighted by Crippen LogP contribution is -2.45. The number of carbonyl (C=O) groups is 1. The van der Waals surface area contributed by atoms with Crippen molar-refractivity contribution in [2.45, 2.75) is 32.0 Å². The van der Waals surface area contributed by atoms with Crippen molar-refractivity contribution < 1.29 is 18.0 Å². The highest BCUT2D eigenvalue weighted by Crippen LogP contribution is 2.30. The fraction of sp³-hybridized carbons (Fsp3) is 0.562. The van der Waals surface area contributed by atoms with Crippen LogP contribution in [0.3, 0.4) is 0 Å². The first kappa shape index (κ1) is 16.8. The summed E-state index contributed by atoms with van der Waals surface area (Å²) >= 11 is 0. The first-order valence-electron chi connectivity index (χ1n) is 7.49. The molecule has 0 N–H and O–H groups in total. The second-order valence-electron chi connectivity index (χ2n) is 5.66. The number of alkyl halides is 3. The summed E-state index contributed by atoms with van der Waals surface area (Å²) in [6.45, 7) is 4.92. The molecule has 0 atom stereocenters. The van der Waals surface area contributed by atoms with E-state index in [0.29, 0.717) is 0 Å². The number of halogens is 3. The number of benzene rings is 1. The van der Waals surface area contributed by atoms with Crippen LogP contribution in [0.1, 0.15) is 35.7 Å². The van der Waals surface area contributed by atoms with Gasteiger partial charge in [0.25, 0.3) is 5.91 Å². The van der Waals surface area contributed by atoms with Gasteiger partial charge in [0.2, 0.25) is 0 Å². The van der Waals surface area contributed by atoms with Gasteiger partial charge in [-0.1, -0.05) is 13.0 Å². The van der Waals surface area contributed by atoms with Gasteiger partial charge in [-0.15, -0.1) is 0 Å². The second kappa shape index (κ2) is 6.69. The molecule has 1 aromatic carbocycles. The average molecular weight is 314 g/mol. The maximum Gasteiger partial charge on any atom is 0.416 e. The normalized spacial score (nSPS) is 17.5. The van der Waals surface area contributed by atoms with Crippen LogP contribution in [0.15, 0.2) is 24.3 Å². The number of piperidine rings is 1. The van der Waals surface area contributed by atoms with E-state index in [-0.39, 0.29) is 17.5 Å². The molecule has 0 radical (unpaired) electrons. The SMILES string of the molecule is CCN1CCC(N(C)C(=O)c2cccc(C(F)(F)F)c2)CC1. The molecule has 1 fully saturated rings. The van der Waals surface area contributed by atoms with Gasteiger partial charge in [-0.3, -0.25) is 4.79 Å². The second-order valence-corrected chi connectivity index (χ2v) is 5.66. The molecule has 6 heteroatoms. The lowest BCUT2D eigenvalue weighted by atomic mass is 10.0. The summed E-state index contributed by atoms with van der Waals surface area (Å²) in [4.78, 5) is 16.3. The third kappa shape index (κ3) is 3.80. The Kier molecular flexibility index (Phi) is 5.11. The Morgan fingerprint density at radius 2 is 1.95 bits per heavy atom. The molecule has 3 nitrogen and oxygen atoms in total. The predicted molar refractivity (Wildman–Crippen MR) is 78.7 cm³/mol. The number of amides is 1. The number of likely N-dealkylation sites (tertiary alicyclic amines) is 1. The van der Waals surface area contributed by atoms with Crippen molar-refractivity contribution in [1.29, 1.82) is 0 Å². The predicted octanol–water partition coefficient (Wildman–Crippen LogP) is 3.26. The quantitative estimate of drug-likeness (QED) is 0.855. The van der Waals surface area contributed by atoms with Gasteiger partial charge in [-0.25, -0.2) is 0 Å². The minimum absolute atomic E-state index is 0.0878. The summed E-state index contributed by atoms with van der Waals surface area (Å²) in [5.41, 5.74) is -0.692. The standard InChI is InChI=1S/C16H21F3N2O/c1-3-21-9-7-14(8-10-21)20(2)15(22)12-5-4-6-13(11-12)16(17,18)19/h4-6,11,14H,3,7-10H2,1-2H3. The molecule has 1 saturated heterocycles. The highest BCUT2D eigenvalue weighted by Gasteiger charge is 2.32. The smallest absolute Gasteiger partial charge is 0.339 e. The van der Waals surface area contributed by atoms with Gasteiger partial charge in [0.1, 0.15) is 0 Å². The van der Waals surface area contributed by atoms with Crippen LogP contribution >= 0.6 is 0 Å². The molecule has 0 spiro atoms. The summed E-state index contributed by atoms with van der Waals surface area (Å²) in [6, 6.07) is 4.72. The average Bonchev–Trinajstić information content (AvgIpc) is 2.53. The molecule has 0 aliphatic carbocycles. The van der Waals surface area contributed by atoms with Crippen LogP contribution in [0, 0.1) is 0 Å². The minimum atomic E-state index is -4.43. The highest BCUT2D eigenvalue weighted by molar-refractivity contribution is 5.94. The van der Waals surface area contributed by atoms with Crippen molar-refractivity contribution in [2.75, 3.05) is 26.7 Å². The first-order valence-corrected chi connectivity index (χ1v) is 7.49. The lowest BCUT2D eigenvalue weighted by molar-refractivity contribution is -0.137. The molecule has 122 valence electrons. The van der Waals surface area contributed by atoms with E-state index in [9.17, 15) is 18.0 Å². The number of hydrogen-bond acceptors (Lipinski definition) is 2. The molecular weight excluding hydrogens is 293 g/mol. The van der Waals surface area contributed by atoms with Crippen LogP contribution in [-0.4, -0.2) is 48.4 Å². The maximum absolute atomic E-state index is 12.7. The van der Waals surface area contributed by atoms with Crippen LogP contribution in [0.4, 0.5) is 13.2 Å². The van der Waals surface area contributed by atoms with E-state index in [0.717, 1.165) is 44.6 Å². The Balaban J connectivity index is 2.08. The molecule has 1 aromatic rings. The molecule has 1 aliphatic rings. The van der Waals surface area contributed by atoms with E-state index in [4.69, 9.17) is 0 Å². The van der Waals surface area contributed by atoms with Crippen LogP contribution in [0.2, 0.25) is 0 Å². The largest absolute Gasteiger partial charge is 0.416 e. The fourth-order valence-electron chi connectivity index (χ4n) is 2.82. The van der Waals surface area contributed by atoms with Gasteiger partial charge < -0.3 is 9.80 Å². The Bertz CT molecular complexity index is 522. The van der Waals surface area contributed by atoms with Crippen molar-refractivity contribution in [3.63, 3.8) is 0 Å². The van der Waals surface area contributed by atoms with E-state index in [2.05, 4.69) is 11.8 Å². The molecule has 1 amide bonds. The number of carbonyl (C=O) groups excluding carboxylic acids is 1. The van der Waals surface area contributed by atoms with E-state index in [1.54, 1.807) is 11.9 Å². The Morgan fingerprint density at radius 3 is 2.50 bits per heavy atom. The van der Waals surface area contributed by atoms with Crippen molar-refractivity contribution in [2.24, 2.45) is 0 Å². The zero-order valence-corrected chi connectivity index (χ0v) is 12.9. The van der Waals surface area contributed by atoms with Crippen molar-refractivity contribution >= 4 is 5.91 Å². The third-order valence-electron chi connectivity index (χ3n) is 4.31. The maximum atomic E-state index is 12.7. The number of rotatable bonds is 3. The van der Waals surface area contributed by atoms with Crippen molar-refractivity contribution in [3.05, 3.63) is 35.4 Å². The Hall–Kier alpha value is -1.56. The molecular formula is C16H21F3N2O.